The zero-order valence-corrected chi connectivity index (χ0v) is 17.3. The SMILES string of the molecule is Cc1cc(Br)ccc1NC(=O)c1sc2nc(CN(C)C)[nH]c(=O)c2c1C. The maximum Gasteiger partial charge on any atom is 0.266 e. The third-order valence-electron chi connectivity index (χ3n) is 3.96. The fourth-order valence-corrected chi connectivity index (χ4v) is 4.30. The van der Waals surface area contributed by atoms with E-state index in [4.69, 9.17) is 0 Å². The number of hydrogen-bond donors (Lipinski definition) is 2. The first-order valence-corrected chi connectivity index (χ1v) is 9.61. The second kappa shape index (κ2) is 7.30. The van der Waals surface area contributed by atoms with E-state index in [-0.39, 0.29) is 11.5 Å². The first kappa shape index (κ1) is 18.8. The highest BCUT2D eigenvalue weighted by molar-refractivity contribution is 9.10. The van der Waals surface area contributed by atoms with E-state index in [2.05, 4.69) is 31.2 Å². The van der Waals surface area contributed by atoms with Gasteiger partial charge in [0.25, 0.3) is 11.5 Å². The molecule has 1 amide bonds. The number of halogens is 1. The second-order valence-electron chi connectivity index (χ2n) is 6.40. The van der Waals surface area contributed by atoms with Crippen molar-refractivity contribution in [1.82, 2.24) is 14.9 Å². The highest BCUT2D eigenvalue weighted by Gasteiger charge is 2.20. The second-order valence-corrected chi connectivity index (χ2v) is 8.31. The van der Waals surface area contributed by atoms with Gasteiger partial charge in [-0.25, -0.2) is 4.98 Å². The van der Waals surface area contributed by atoms with Crippen molar-refractivity contribution in [2.24, 2.45) is 0 Å². The van der Waals surface area contributed by atoms with Gasteiger partial charge in [0, 0.05) is 10.2 Å². The summed E-state index contributed by atoms with van der Waals surface area (Å²) in [5.41, 5.74) is 2.14. The van der Waals surface area contributed by atoms with E-state index in [1.54, 1.807) is 6.92 Å². The van der Waals surface area contributed by atoms with Crippen molar-refractivity contribution < 1.29 is 4.79 Å². The monoisotopic (exact) mass is 434 g/mol. The summed E-state index contributed by atoms with van der Waals surface area (Å²) in [6.45, 7) is 4.24. The molecule has 0 unspecified atom stereocenters. The van der Waals surface area contributed by atoms with Crippen molar-refractivity contribution >= 4 is 49.1 Å². The summed E-state index contributed by atoms with van der Waals surface area (Å²) in [7, 11) is 3.81. The molecule has 3 rings (SSSR count). The molecular formula is C18H19BrN4O2S. The van der Waals surface area contributed by atoms with Crippen LogP contribution in [0.3, 0.4) is 0 Å². The molecule has 0 aliphatic heterocycles. The Morgan fingerprint density at radius 1 is 1.35 bits per heavy atom. The molecule has 0 atom stereocenters. The summed E-state index contributed by atoms with van der Waals surface area (Å²) < 4.78 is 0.954. The minimum atomic E-state index is -0.232. The van der Waals surface area contributed by atoms with Gasteiger partial charge in [-0.1, -0.05) is 15.9 Å². The van der Waals surface area contributed by atoms with Crippen LogP contribution in [0.1, 0.15) is 26.6 Å². The minimum Gasteiger partial charge on any atom is -0.321 e. The number of aromatic nitrogens is 2. The van der Waals surface area contributed by atoms with Gasteiger partial charge in [-0.2, -0.15) is 0 Å². The predicted molar refractivity (Wildman–Crippen MR) is 109 cm³/mol. The molecule has 6 nitrogen and oxygen atoms in total. The van der Waals surface area contributed by atoms with Crippen LogP contribution < -0.4 is 10.9 Å². The molecule has 3 aromatic rings. The summed E-state index contributed by atoms with van der Waals surface area (Å²) in [6.07, 6.45) is 0. The van der Waals surface area contributed by atoms with Gasteiger partial charge in [0.1, 0.15) is 10.7 Å². The van der Waals surface area contributed by atoms with Gasteiger partial charge in [0.05, 0.1) is 16.8 Å². The smallest absolute Gasteiger partial charge is 0.266 e. The minimum absolute atomic E-state index is 0.209. The Morgan fingerprint density at radius 2 is 2.08 bits per heavy atom. The standard InChI is InChI=1S/C18H19BrN4O2S/c1-9-7-11(19)5-6-12(9)20-17(25)15-10(2)14-16(24)21-13(8-23(3)4)22-18(14)26-15/h5-7H,8H2,1-4H3,(H,20,25)(H,21,22,24). The van der Waals surface area contributed by atoms with E-state index in [9.17, 15) is 9.59 Å². The topological polar surface area (TPSA) is 78.1 Å². The number of carbonyl (C=O) groups is 1. The van der Waals surface area contributed by atoms with Gasteiger partial charge in [-0.05, 0) is 57.3 Å². The van der Waals surface area contributed by atoms with Gasteiger partial charge in [0.15, 0.2) is 0 Å². The molecule has 1 aromatic carbocycles. The molecule has 0 aliphatic rings. The van der Waals surface area contributed by atoms with E-state index >= 15 is 0 Å². The summed E-state index contributed by atoms with van der Waals surface area (Å²) >= 11 is 4.66. The summed E-state index contributed by atoms with van der Waals surface area (Å²) in [4.78, 5) is 35.5. The molecule has 0 fully saturated rings. The average molecular weight is 435 g/mol. The van der Waals surface area contributed by atoms with Gasteiger partial charge in [-0.15, -0.1) is 11.3 Å². The van der Waals surface area contributed by atoms with E-state index < -0.39 is 0 Å². The predicted octanol–water partition coefficient (Wildman–Crippen LogP) is 3.68. The number of amides is 1. The molecule has 8 heteroatoms. The quantitative estimate of drug-likeness (QED) is 0.656. The number of H-pyrrole nitrogens is 1. The largest absolute Gasteiger partial charge is 0.321 e. The molecule has 2 N–H and O–H groups in total. The fraction of sp³-hybridized carbons (Fsp3) is 0.278. The Morgan fingerprint density at radius 3 is 2.73 bits per heavy atom. The molecule has 0 radical (unpaired) electrons. The zero-order chi connectivity index (χ0) is 19.0. The lowest BCUT2D eigenvalue weighted by atomic mass is 10.2. The molecule has 0 saturated carbocycles. The molecule has 0 bridgehead atoms. The summed E-state index contributed by atoms with van der Waals surface area (Å²) in [5, 5.41) is 3.41. The fourth-order valence-electron chi connectivity index (χ4n) is 2.73. The number of nitrogens with one attached hydrogen (secondary N) is 2. The molecule has 0 spiro atoms. The number of carbonyl (C=O) groups excluding carboxylic acids is 1. The molecule has 26 heavy (non-hydrogen) atoms. The lowest BCUT2D eigenvalue weighted by molar-refractivity contribution is 0.103. The number of fused-ring (bicyclic) bond motifs is 1. The van der Waals surface area contributed by atoms with Crippen molar-refractivity contribution in [3.8, 4) is 0 Å². The number of nitrogens with zero attached hydrogens (tertiary/aromatic N) is 2. The highest BCUT2D eigenvalue weighted by atomic mass is 79.9. The molecule has 2 aromatic heterocycles. The van der Waals surface area contributed by atoms with E-state index in [0.29, 0.717) is 33.0 Å². The number of benzene rings is 1. The van der Waals surface area contributed by atoms with E-state index in [0.717, 1.165) is 15.7 Å². The first-order valence-electron chi connectivity index (χ1n) is 8.00. The zero-order valence-electron chi connectivity index (χ0n) is 14.9. The van der Waals surface area contributed by atoms with Crippen molar-refractivity contribution in [3.63, 3.8) is 0 Å². The molecule has 0 saturated heterocycles. The Balaban J connectivity index is 1.99. The summed E-state index contributed by atoms with van der Waals surface area (Å²) in [5.74, 6) is 0.356. The Kier molecular flexibility index (Phi) is 5.27. The van der Waals surface area contributed by atoms with E-state index in [1.807, 2.05) is 44.1 Å². The third kappa shape index (κ3) is 3.72. The number of hydrogen-bond acceptors (Lipinski definition) is 5. The highest BCUT2D eigenvalue weighted by Crippen LogP contribution is 2.28. The van der Waals surface area contributed by atoms with E-state index in [1.165, 1.54) is 11.3 Å². The summed E-state index contributed by atoms with van der Waals surface area (Å²) in [6, 6.07) is 5.66. The van der Waals surface area contributed by atoms with Crippen molar-refractivity contribution in [1.29, 1.82) is 0 Å². The number of thiophene rings is 1. The Labute approximate surface area is 163 Å². The number of rotatable bonds is 4. The Hall–Kier alpha value is -2.03. The molecule has 2 heterocycles. The van der Waals surface area contributed by atoms with Crippen LogP contribution in [-0.2, 0) is 6.54 Å². The number of aryl methyl sites for hydroxylation is 2. The van der Waals surface area contributed by atoms with Crippen LogP contribution >= 0.6 is 27.3 Å². The normalized spacial score (nSPS) is 11.3. The third-order valence-corrected chi connectivity index (χ3v) is 5.64. The van der Waals surface area contributed by atoms with Gasteiger partial charge < -0.3 is 15.2 Å². The average Bonchev–Trinajstić information content (AvgIpc) is 2.86. The first-order chi connectivity index (χ1) is 12.3. The van der Waals surface area contributed by atoms with Crippen LogP contribution in [0.25, 0.3) is 10.2 Å². The van der Waals surface area contributed by atoms with Gasteiger partial charge in [-0.3, -0.25) is 9.59 Å². The van der Waals surface area contributed by atoms with Crippen LogP contribution in [0, 0.1) is 13.8 Å². The molecule has 0 aliphatic carbocycles. The maximum absolute atomic E-state index is 12.8. The lowest BCUT2D eigenvalue weighted by Gasteiger charge is -2.08. The van der Waals surface area contributed by atoms with Crippen molar-refractivity contribution in [2.75, 3.05) is 19.4 Å². The van der Waals surface area contributed by atoms with Gasteiger partial charge in [0.2, 0.25) is 0 Å². The van der Waals surface area contributed by atoms with Crippen LogP contribution in [0.15, 0.2) is 27.5 Å². The Bertz CT molecular complexity index is 1060. The number of aromatic amines is 1. The van der Waals surface area contributed by atoms with Crippen molar-refractivity contribution in [3.05, 3.63) is 54.9 Å². The van der Waals surface area contributed by atoms with Crippen LogP contribution in [-0.4, -0.2) is 34.9 Å². The maximum atomic E-state index is 12.8. The number of anilines is 1. The van der Waals surface area contributed by atoms with Crippen LogP contribution in [0.5, 0.6) is 0 Å². The lowest BCUT2D eigenvalue weighted by Crippen LogP contribution is -2.18. The molecular weight excluding hydrogens is 416 g/mol. The van der Waals surface area contributed by atoms with Crippen molar-refractivity contribution in [2.45, 2.75) is 20.4 Å². The molecule has 136 valence electrons. The van der Waals surface area contributed by atoms with Crippen LogP contribution in [0.2, 0.25) is 0 Å². The van der Waals surface area contributed by atoms with Gasteiger partial charge >= 0.3 is 0 Å². The van der Waals surface area contributed by atoms with Crippen LogP contribution in [0.4, 0.5) is 5.69 Å².